The van der Waals surface area contributed by atoms with Crippen molar-refractivity contribution in [3.8, 4) is 11.5 Å². The van der Waals surface area contributed by atoms with Crippen LogP contribution in [0.5, 0.6) is 11.5 Å². The van der Waals surface area contributed by atoms with Crippen LogP contribution in [-0.2, 0) is 9.84 Å². The van der Waals surface area contributed by atoms with Gasteiger partial charge in [-0.05, 0) is 42.5 Å². The molecule has 0 spiro atoms. The summed E-state index contributed by atoms with van der Waals surface area (Å²) in [6.45, 7) is 1.52. The van der Waals surface area contributed by atoms with Crippen LogP contribution in [0.1, 0.15) is 6.92 Å². The van der Waals surface area contributed by atoms with E-state index in [1.54, 1.807) is 24.3 Å². The van der Waals surface area contributed by atoms with Gasteiger partial charge in [0.15, 0.2) is 9.84 Å². The maximum Gasteiger partial charge on any atom is 0.323 e. The molecule has 0 bridgehead atoms. The molecule has 0 aliphatic rings. The summed E-state index contributed by atoms with van der Waals surface area (Å²) in [6.07, 6.45) is 0. The molecular weight excluding hydrogens is 332 g/mol. The fourth-order valence-electron chi connectivity index (χ4n) is 1.93. The van der Waals surface area contributed by atoms with Gasteiger partial charge < -0.3 is 20.5 Å². The molecule has 3 N–H and O–H groups in total. The lowest BCUT2D eigenvalue weighted by atomic mass is 10.3. The van der Waals surface area contributed by atoms with E-state index in [0.29, 0.717) is 11.4 Å². The number of amides is 2. The first-order valence-corrected chi connectivity index (χ1v) is 8.79. The van der Waals surface area contributed by atoms with Gasteiger partial charge in [-0.2, -0.15) is 0 Å². The van der Waals surface area contributed by atoms with Crippen LogP contribution in [0.3, 0.4) is 0 Å². The van der Waals surface area contributed by atoms with E-state index in [1.807, 2.05) is 0 Å². The molecule has 2 aromatic rings. The van der Waals surface area contributed by atoms with Crippen LogP contribution < -0.4 is 15.4 Å². The molecule has 24 heavy (non-hydrogen) atoms. The topological polar surface area (TPSA) is 105 Å². The summed E-state index contributed by atoms with van der Waals surface area (Å²) in [4.78, 5) is 12.0. The number of carbonyl (C=O) groups is 1. The van der Waals surface area contributed by atoms with Crippen LogP contribution >= 0.6 is 0 Å². The predicted molar refractivity (Wildman–Crippen MR) is 91.5 cm³/mol. The molecule has 128 valence electrons. The fraction of sp³-hybridized carbons (Fsp3) is 0.188. The van der Waals surface area contributed by atoms with Crippen molar-refractivity contribution in [3.05, 3.63) is 42.5 Å². The number of hydrogen-bond acceptors (Lipinski definition) is 5. The summed E-state index contributed by atoms with van der Waals surface area (Å²) in [5.41, 5.74) is 0.528. The van der Waals surface area contributed by atoms with Crippen LogP contribution in [0.25, 0.3) is 0 Å². The number of urea groups is 1. The van der Waals surface area contributed by atoms with Crippen LogP contribution in [0.2, 0.25) is 0 Å². The fourth-order valence-corrected chi connectivity index (χ4v) is 2.84. The van der Waals surface area contributed by atoms with E-state index in [-0.39, 0.29) is 22.1 Å². The van der Waals surface area contributed by atoms with E-state index in [2.05, 4.69) is 10.6 Å². The van der Waals surface area contributed by atoms with Gasteiger partial charge in [-0.3, -0.25) is 0 Å². The van der Waals surface area contributed by atoms with Gasteiger partial charge in [0.25, 0.3) is 0 Å². The van der Waals surface area contributed by atoms with E-state index < -0.39 is 15.9 Å². The molecule has 0 heterocycles. The normalized spacial score (nSPS) is 10.9. The smallest absolute Gasteiger partial charge is 0.323 e. The zero-order valence-corrected chi connectivity index (χ0v) is 14.1. The number of nitrogens with one attached hydrogen (secondary N) is 2. The summed E-state index contributed by atoms with van der Waals surface area (Å²) in [6, 6.07) is 9.80. The highest BCUT2D eigenvalue weighted by Gasteiger charge is 2.15. The summed E-state index contributed by atoms with van der Waals surface area (Å²) < 4.78 is 28.8. The third-order valence-corrected chi connectivity index (χ3v) is 5.04. The van der Waals surface area contributed by atoms with Gasteiger partial charge in [0.2, 0.25) is 0 Å². The van der Waals surface area contributed by atoms with Crippen LogP contribution in [0.15, 0.2) is 47.4 Å². The molecule has 0 aromatic heterocycles. The minimum atomic E-state index is -3.44. The van der Waals surface area contributed by atoms with E-state index in [4.69, 9.17) is 4.74 Å². The number of methoxy groups -OCH3 is 1. The first-order chi connectivity index (χ1) is 11.4. The maximum atomic E-state index is 12.0. The zero-order chi connectivity index (χ0) is 17.7. The molecule has 0 unspecified atom stereocenters. The minimum Gasteiger partial charge on any atom is -0.506 e. The first kappa shape index (κ1) is 17.6. The zero-order valence-electron chi connectivity index (χ0n) is 13.2. The average molecular weight is 350 g/mol. The number of benzene rings is 2. The van der Waals surface area contributed by atoms with E-state index in [9.17, 15) is 18.3 Å². The second kappa shape index (κ2) is 7.22. The average Bonchev–Trinajstić information content (AvgIpc) is 2.57. The SMILES string of the molecule is CCS(=O)(=O)c1ccc(O)c(NC(=O)Nc2ccc(OC)cc2)c1. The van der Waals surface area contributed by atoms with Crippen molar-refractivity contribution in [1.82, 2.24) is 0 Å². The number of phenols is 1. The Morgan fingerprint density at radius 2 is 1.79 bits per heavy atom. The number of rotatable bonds is 5. The van der Waals surface area contributed by atoms with E-state index >= 15 is 0 Å². The number of phenolic OH excluding ortho intramolecular Hbond substituents is 1. The lowest BCUT2D eigenvalue weighted by Gasteiger charge is -2.11. The van der Waals surface area contributed by atoms with Crippen molar-refractivity contribution >= 4 is 27.2 Å². The predicted octanol–water partition coefficient (Wildman–Crippen LogP) is 2.84. The van der Waals surface area contributed by atoms with Crippen molar-refractivity contribution < 1.29 is 23.1 Å². The molecule has 0 fully saturated rings. The molecular formula is C16H18N2O5S. The van der Waals surface area contributed by atoms with Gasteiger partial charge in [0.05, 0.1) is 23.4 Å². The van der Waals surface area contributed by atoms with Crippen LogP contribution in [-0.4, -0.2) is 32.4 Å². The number of ether oxygens (including phenoxy) is 1. The molecule has 8 heteroatoms. The Morgan fingerprint density at radius 3 is 2.38 bits per heavy atom. The van der Waals surface area contributed by atoms with Gasteiger partial charge in [0, 0.05) is 5.69 Å². The van der Waals surface area contributed by atoms with Gasteiger partial charge in [0.1, 0.15) is 11.5 Å². The summed E-state index contributed by atoms with van der Waals surface area (Å²) in [5.74, 6) is 0.348. The Labute approximate surface area is 140 Å². The summed E-state index contributed by atoms with van der Waals surface area (Å²) >= 11 is 0. The highest BCUT2D eigenvalue weighted by molar-refractivity contribution is 7.91. The second-order valence-corrected chi connectivity index (χ2v) is 7.17. The van der Waals surface area contributed by atoms with Crippen LogP contribution in [0.4, 0.5) is 16.2 Å². The molecule has 0 aliphatic heterocycles. The van der Waals surface area contributed by atoms with Crippen molar-refractivity contribution in [2.75, 3.05) is 23.5 Å². The maximum absolute atomic E-state index is 12.0. The van der Waals surface area contributed by atoms with Crippen molar-refractivity contribution in [2.45, 2.75) is 11.8 Å². The number of aromatic hydroxyl groups is 1. The molecule has 7 nitrogen and oxygen atoms in total. The summed E-state index contributed by atoms with van der Waals surface area (Å²) in [5, 5.41) is 14.8. The molecule has 0 saturated heterocycles. The van der Waals surface area contributed by atoms with Crippen molar-refractivity contribution in [1.29, 1.82) is 0 Å². The lowest BCUT2D eigenvalue weighted by molar-refractivity contribution is 0.262. The monoisotopic (exact) mass is 350 g/mol. The van der Waals surface area contributed by atoms with E-state index in [0.717, 1.165) is 0 Å². The Morgan fingerprint density at radius 1 is 1.12 bits per heavy atom. The molecule has 0 radical (unpaired) electrons. The van der Waals surface area contributed by atoms with Gasteiger partial charge in [-0.1, -0.05) is 6.92 Å². The van der Waals surface area contributed by atoms with Crippen LogP contribution in [0, 0.1) is 0 Å². The number of carbonyl (C=O) groups excluding carboxylic acids is 1. The number of sulfone groups is 1. The highest BCUT2D eigenvalue weighted by atomic mass is 32.2. The second-order valence-electron chi connectivity index (χ2n) is 4.89. The molecule has 2 amide bonds. The molecule has 2 aromatic carbocycles. The largest absolute Gasteiger partial charge is 0.506 e. The highest BCUT2D eigenvalue weighted by Crippen LogP contribution is 2.27. The Bertz CT molecular complexity index is 832. The first-order valence-electron chi connectivity index (χ1n) is 7.13. The Hall–Kier alpha value is -2.74. The number of hydrogen-bond donors (Lipinski definition) is 3. The summed E-state index contributed by atoms with van der Waals surface area (Å²) in [7, 11) is -1.90. The van der Waals surface area contributed by atoms with Gasteiger partial charge in [-0.25, -0.2) is 13.2 Å². The molecule has 0 atom stereocenters. The molecule has 0 aliphatic carbocycles. The van der Waals surface area contributed by atoms with Crippen molar-refractivity contribution in [2.24, 2.45) is 0 Å². The standard InChI is InChI=1S/C16H18N2O5S/c1-3-24(21,22)13-8-9-15(19)14(10-13)18-16(20)17-11-4-6-12(23-2)7-5-11/h4-10,19H,3H2,1-2H3,(H2,17,18,20). The third-order valence-electron chi connectivity index (χ3n) is 3.30. The number of anilines is 2. The lowest BCUT2D eigenvalue weighted by Crippen LogP contribution is -2.19. The Kier molecular flexibility index (Phi) is 5.30. The molecule has 2 rings (SSSR count). The van der Waals surface area contributed by atoms with Gasteiger partial charge in [-0.15, -0.1) is 0 Å². The Balaban J connectivity index is 2.14. The van der Waals surface area contributed by atoms with Crippen molar-refractivity contribution in [3.63, 3.8) is 0 Å². The third kappa shape index (κ3) is 4.17. The van der Waals surface area contributed by atoms with Gasteiger partial charge >= 0.3 is 6.03 Å². The van der Waals surface area contributed by atoms with E-state index in [1.165, 1.54) is 32.2 Å². The quantitative estimate of drug-likeness (QED) is 0.719. The minimum absolute atomic E-state index is 0.00976. The molecule has 0 saturated carbocycles.